The number of piperidine rings is 1. The number of hydrogen-bond donors (Lipinski definition) is 3. The molecule has 0 radical (unpaired) electrons. The summed E-state index contributed by atoms with van der Waals surface area (Å²) < 4.78 is 12.9. The molecule has 2 rings (SSSR count). The van der Waals surface area contributed by atoms with E-state index in [0.717, 1.165) is 44.6 Å². The molecule has 1 fully saturated rings. The Morgan fingerprint density at radius 2 is 1.63 bits per heavy atom. The Hall–Kier alpha value is -2.48. The van der Waals surface area contributed by atoms with Crippen molar-refractivity contribution in [2.75, 3.05) is 19.6 Å². The zero-order valence-electron chi connectivity index (χ0n) is 15.7. The van der Waals surface area contributed by atoms with Gasteiger partial charge in [-0.15, -0.1) is 0 Å². The van der Waals surface area contributed by atoms with Gasteiger partial charge in [-0.2, -0.15) is 0 Å². The zero-order chi connectivity index (χ0) is 20.4. The maximum Gasteiger partial charge on any atom is 0.414 e. The van der Waals surface area contributed by atoms with Gasteiger partial charge in [0.15, 0.2) is 0 Å². The molecule has 0 spiro atoms. The molecule has 1 amide bonds. The van der Waals surface area contributed by atoms with Crippen LogP contribution in [0.15, 0.2) is 24.3 Å². The van der Waals surface area contributed by atoms with E-state index in [1.54, 1.807) is 0 Å². The van der Waals surface area contributed by atoms with Crippen molar-refractivity contribution in [3.8, 4) is 0 Å². The number of hydrogen-bond acceptors (Lipinski definition) is 4. The first-order valence-corrected chi connectivity index (χ1v) is 8.89. The van der Waals surface area contributed by atoms with Gasteiger partial charge in [-0.25, -0.2) is 14.0 Å². The first kappa shape index (κ1) is 22.6. The smallest absolute Gasteiger partial charge is 0.414 e. The number of aliphatic carboxylic acids is 2. The molecule has 1 aliphatic heterocycles. The average molecular weight is 382 g/mol. The standard InChI is InChI=1S/C17H25FN2O.C2H2O4/c1-13(2)11-19-17(21)15-7-9-20(10-8-15)12-14-3-5-16(18)6-4-14;3-1(4)2(5)6/h3-6,13,15H,7-12H2,1-2H3,(H,19,21);(H,3,4)(H,5,6). The summed E-state index contributed by atoms with van der Waals surface area (Å²) in [7, 11) is 0. The third-order valence-corrected chi connectivity index (χ3v) is 4.15. The Kier molecular flexibility index (Phi) is 9.42. The molecule has 1 heterocycles. The minimum absolute atomic E-state index is 0.146. The van der Waals surface area contributed by atoms with Gasteiger partial charge in [0.1, 0.15) is 5.82 Å². The van der Waals surface area contributed by atoms with Crippen LogP contribution in [0, 0.1) is 17.7 Å². The second-order valence-electron chi connectivity index (χ2n) is 6.93. The predicted octanol–water partition coefficient (Wildman–Crippen LogP) is 1.97. The molecular formula is C19H27FN2O5. The van der Waals surface area contributed by atoms with Crippen molar-refractivity contribution >= 4 is 17.8 Å². The van der Waals surface area contributed by atoms with Gasteiger partial charge in [0.2, 0.25) is 5.91 Å². The first-order chi connectivity index (χ1) is 12.7. The summed E-state index contributed by atoms with van der Waals surface area (Å²) in [4.78, 5) is 32.6. The fraction of sp³-hybridized carbons (Fsp3) is 0.526. The number of carboxylic acids is 2. The molecule has 0 atom stereocenters. The number of rotatable bonds is 5. The van der Waals surface area contributed by atoms with Crippen molar-refractivity contribution in [3.63, 3.8) is 0 Å². The summed E-state index contributed by atoms with van der Waals surface area (Å²) in [5.74, 6) is -3.00. The van der Waals surface area contributed by atoms with Gasteiger partial charge in [-0.05, 0) is 49.5 Å². The van der Waals surface area contributed by atoms with Crippen LogP contribution in [0.1, 0.15) is 32.3 Å². The number of carboxylic acid groups (broad SMARTS) is 2. The Labute approximate surface area is 158 Å². The minimum Gasteiger partial charge on any atom is -0.473 e. The summed E-state index contributed by atoms with van der Waals surface area (Å²) in [5.41, 5.74) is 1.12. The van der Waals surface area contributed by atoms with Crippen LogP contribution in [0.25, 0.3) is 0 Å². The molecule has 0 saturated carbocycles. The molecule has 3 N–H and O–H groups in total. The fourth-order valence-corrected chi connectivity index (χ4v) is 2.65. The van der Waals surface area contributed by atoms with Gasteiger partial charge in [0.05, 0.1) is 0 Å². The summed E-state index contributed by atoms with van der Waals surface area (Å²) in [6.07, 6.45) is 1.82. The Bertz CT molecular complexity index is 613. The third kappa shape index (κ3) is 9.14. The first-order valence-electron chi connectivity index (χ1n) is 8.89. The van der Waals surface area contributed by atoms with Crippen molar-refractivity contribution in [2.24, 2.45) is 11.8 Å². The lowest BCUT2D eigenvalue weighted by atomic mass is 9.95. The SMILES string of the molecule is CC(C)CNC(=O)C1CCN(Cc2ccc(F)cc2)CC1.O=C(O)C(=O)O. The van der Waals surface area contributed by atoms with Crippen LogP contribution >= 0.6 is 0 Å². The molecule has 1 aromatic carbocycles. The van der Waals surface area contributed by atoms with E-state index in [9.17, 15) is 9.18 Å². The van der Waals surface area contributed by atoms with Gasteiger partial charge in [0.25, 0.3) is 0 Å². The quantitative estimate of drug-likeness (QED) is 0.672. The van der Waals surface area contributed by atoms with E-state index in [2.05, 4.69) is 24.1 Å². The van der Waals surface area contributed by atoms with Crippen molar-refractivity contribution in [2.45, 2.75) is 33.2 Å². The molecule has 1 saturated heterocycles. The van der Waals surface area contributed by atoms with Crippen LogP contribution < -0.4 is 5.32 Å². The summed E-state index contributed by atoms with van der Waals surface area (Å²) >= 11 is 0. The largest absolute Gasteiger partial charge is 0.473 e. The number of nitrogens with zero attached hydrogens (tertiary/aromatic N) is 1. The average Bonchev–Trinajstić information content (AvgIpc) is 2.62. The normalized spacial score (nSPS) is 15.0. The molecule has 1 aromatic rings. The predicted molar refractivity (Wildman–Crippen MR) is 97.5 cm³/mol. The van der Waals surface area contributed by atoms with E-state index < -0.39 is 11.9 Å². The van der Waals surface area contributed by atoms with E-state index in [0.29, 0.717) is 5.92 Å². The van der Waals surface area contributed by atoms with Crippen LogP contribution in [0.3, 0.4) is 0 Å². The third-order valence-electron chi connectivity index (χ3n) is 4.15. The molecule has 150 valence electrons. The number of halogens is 1. The molecule has 0 bridgehead atoms. The highest BCUT2D eigenvalue weighted by molar-refractivity contribution is 6.27. The number of amides is 1. The van der Waals surface area contributed by atoms with E-state index >= 15 is 0 Å². The lowest BCUT2D eigenvalue weighted by Gasteiger charge is -2.31. The number of likely N-dealkylation sites (tertiary alicyclic amines) is 1. The Morgan fingerprint density at radius 3 is 2.07 bits per heavy atom. The van der Waals surface area contributed by atoms with Crippen molar-refractivity contribution < 1.29 is 29.0 Å². The van der Waals surface area contributed by atoms with Crippen molar-refractivity contribution in [1.82, 2.24) is 10.2 Å². The Morgan fingerprint density at radius 1 is 1.11 bits per heavy atom. The highest BCUT2D eigenvalue weighted by Crippen LogP contribution is 2.19. The zero-order valence-corrected chi connectivity index (χ0v) is 15.7. The maximum absolute atomic E-state index is 12.9. The second kappa shape index (κ2) is 11.3. The van der Waals surface area contributed by atoms with Crippen LogP contribution in [-0.4, -0.2) is 52.6 Å². The second-order valence-corrected chi connectivity index (χ2v) is 6.93. The number of carbonyl (C=O) groups is 3. The van der Waals surface area contributed by atoms with Gasteiger partial charge in [-0.1, -0.05) is 26.0 Å². The van der Waals surface area contributed by atoms with Crippen LogP contribution in [0.5, 0.6) is 0 Å². The number of nitrogens with one attached hydrogen (secondary N) is 1. The summed E-state index contributed by atoms with van der Waals surface area (Å²) in [6, 6.07) is 6.66. The number of benzene rings is 1. The molecule has 0 aromatic heterocycles. The lowest BCUT2D eigenvalue weighted by Crippen LogP contribution is -2.41. The van der Waals surface area contributed by atoms with E-state index in [1.807, 2.05) is 12.1 Å². The maximum atomic E-state index is 12.9. The van der Waals surface area contributed by atoms with Crippen molar-refractivity contribution in [1.29, 1.82) is 0 Å². The van der Waals surface area contributed by atoms with E-state index in [4.69, 9.17) is 19.8 Å². The molecule has 0 aliphatic carbocycles. The van der Waals surface area contributed by atoms with E-state index in [1.165, 1.54) is 12.1 Å². The topological polar surface area (TPSA) is 107 Å². The van der Waals surface area contributed by atoms with Crippen LogP contribution in [-0.2, 0) is 20.9 Å². The summed E-state index contributed by atoms with van der Waals surface area (Å²) in [5, 5.41) is 17.8. The molecule has 7 nitrogen and oxygen atoms in total. The van der Waals surface area contributed by atoms with Crippen molar-refractivity contribution in [3.05, 3.63) is 35.6 Å². The van der Waals surface area contributed by atoms with Gasteiger partial charge >= 0.3 is 11.9 Å². The van der Waals surface area contributed by atoms with Crippen LogP contribution in [0.4, 0.5) is 4.39 Å². The molecule has 8 heteroatoms. The molecular weight excluding hydrogens is 355 g/mol. The van der Waals surface area contributed by atoms with E-state index in [-0.39, 0.29) is 17.6 Å². The van der Waals surface area contributed by atoms with Crippen LogP contribution in [0.2, 0.25) is 0 Å². The van der Waals surface area contributed by atoms with Gasteiger partial charge in [0, 0.05) is 19.0 Å². The molecule has 0 unspecified atom stereocenters. The lowest BCUT2D eigenvalue weighted by molar-refractivity contribution is -0.159. The monoisotopic (exact) mass is 382 g/mol. The summed E-state index contributed by atoms with van der Waals surface area (Å²) in [6.45, 7) is 7.65. The fourth-order valence-electron chi connectivity index (χ4n) is 2.65. The molecule has 1 aliphatic rings. The van der Waals surface area contributed by atoms with Gasteiger partial charge < -0.3 is 15.5 Å². The number of carbonyl (C=O) groups excluding carboxylic acids is 1. The Balaban J connectivity index is 0.000000527. The highest BCUT2D eigenvalue weighted by atomic mass is 19.1. The molecule has 27 heavy (non-hydrogen) atoms. The van der Waals surface area contributed by atoms with Gasteiger partial charge in [-0.3, -0.25) is 9.69 Å². The minimum atomic E-state index is -1.82. The highest BCUT2D eigenvalue weighted by Gasteiger charge is 2.24.